The Balaban J connectivity index is 1.86. The maximum absolute atomic E-state index is 12.3. The first kappa shape index (κ1) is 11.1. The molecule has 5 heteroatoms. The zero-order valence-corrected chi connectivity index (χ0v) is 11.4. The summed E-state index contributed by atoms with van der Waals surface area (Å²) in [6.07, 6.45) is 7.49. The molecule has 0 atom stereocenters. The van der Waals surface area contributed by atoms with Crippen LogP contribution in [0.4, 0.5) is 0 Å². The van der Waals surface area contributed by atoms with Gasteiger partial charge in [-0.05, 0) is 67.9 Å². The first-order valence-electron chi connectivity index (χ1n) is 6.89. The fraction of sp³-hybridized carbons (Fsp3) is 0.846. The van der Waals surface area contributed by atoms with E-state index in [2.05, 4.69) is 5.10 Å². The molecule has 4 saturated carbocycles. The number of aryl methyl sites for hydroxylation is 1. The molecule has 4 aliphatic carbocycles. The number of halogens is 1. The second-order valence-corrected chi connectivity index (χ2v) is 6.99. The highest BCUT2D eigenvalue weighted by Crippen LogP contribution is 2.58. The van der Waals surface area contributed by atoms with Crippen molar-refractivity contribution in [2.75, 3.05) is 0 Å². The first-order valence-corrected chi connectivity index (χ1v) is 7.27. The maximum atomic E-state index is 12.3. The van der Waals surface area contributed by atoms with Crippen molar-refractivity contribution >= 4 is 11.6 Å². The Labute approximate surface area is 111 Å². The fourth-order valence-electron chi connectivity index (χ4n) is 5.17. The lowest BCUT2D eigenvalue weighted by Gasteiger charge is -2.56. The molecule has 1 aromatic rings. The minimum absolute atomic E-state index is 0.0167. The van der Waals surface area contributed by atoms with Crippen LogP contribution in [-0.4, -0.2) is 14.3 Å². The van der Waals surface area contributed by atoms with E-state index < -0.39 is 0 Å². The summed E-state index contributed by atoms with van der Waals surface area (Å²) < 4.78 is 3.18. The van der Waals surface area contributed by atoms with Crippen molar-refractivity contribution in [3.63, 3.8) is 0 Å². The van der Waals surface area contributed by atoms with Gasteiger partial charge in [0.25, 0.3) is 0 Å². The minimum Gasteiger partial charge on any atom is -0.259 e. The van der Waals surface area contributed by atoms with Gasteiger partial charge in [0.1, 0.15) is 0 Å². The van der Waals surface area contributed by atoms with E-state index in [1.54, 1.807) is 11.6 Å². The third kappa shape index (κ3) is 1.33. The molecule has 0 N–H and O–H groups in total. The van der Waals surface area contributed by atoms with Crippen LogP contribution in [0, 0.1) is 17.8 Å². The van der Waals surface area contributed by atoms with Crippen molar-refractivity contribution in [2.45, 2.75) is 44.1 Å². The number of rotatable bonds is 1. The molecule has 4 nitrogen and oxygen atoms in total. The lowest BCUT2D eigenvalue weighted by molar-refractivity contribution is -0.0448. The number of aromatic nitrogens is 3. The van der Waals surface area contributed by atoms with Crippen LogP contribution in [0.1, 0.15) is 38.5 Å². The van der Waals surface area contributed by atoms with Gasteiger partial charge in [0.05, 0.1) is 5.54 Å². The van der Waals surface area contributed by atoms with Crippen LogP contribution in [0.15, 0.2) is 4.79 Å². The quantitative estimate of drug-likeness (QED) is 0.782. The van der Waals surface area contributed by atoms with Crippen LogP contribution in [0.2, 0.25) is 5.28 Å². The first-order chi connectivity index (χ1) is 8.57. The normalized spacial score (nSPS) is 41.6. The van der Waals surface area contributed by atoms with Crippen molar-refractivity contribution in [3.05, 3.63) is 15.8 Å². The lowest BCUT2D eigenvalue weighted by Crippen LogP contribution is -2.54. The van der Waals surface area contributed by atoms with Crippen molar-refractivity contribution in [1.82, 2.24) is 14.3 Å². The molecule has 4 aliphatic rings. The van der Waals surface area contributed by atoms with Crippen molar-refractivity contribution in [2.24, 2.45) is 24.8 Å². The predicted molar refractivity (Wildman–Crippen MR) is 68.6 cm³/mol. The topological polar surface area (TPSA) is 39.8 Å². The Morgan fingerprint density at radius 3 is 2.06 bits per heavy atom. The Kier molecular flexibility index (Phi) is 2.10. The van der Waals surface area contributed by atoms with Crippen LogP contribution < -0.4 is 5.69 Å². The zero-order valence-electron chi connectivity index (χ0n) is 10.6. The highest BCUT2D eigenvalue weighted by Gasteiger charge is 2.53. The zero-order chi connectivity index (χ0) is 12.5. The SMILES string of the molecule is Cn1nc(Cl)n(C23CC4CC(CC(C4)C2)C3)c1=O. The molecule has 0 spiro atoms. The van der Waals surface area contributed by atoms with E-state index in [1.165, 1.54) is 23.9 Å². The van der Waals surface area contributed by atoms with E-state index in [1.807, 2.05) is 0 Å². The van der Waals surface area contributed by atoms with Gasteiger partial charge in [-0.1, -0.05) is 0 Å². The van der Waals surface area contributed by atoms with E-state index in [0.29, 0.717) is 5.28 Å². The van der Waals surface area contributed by atoms with Crippen LogP contribution in [-0.2, 0) is 12.6 Å². The highest BCUT2D eigenvalue weighted by atomic mass is 35.5. The second-order valence-electron chi connectivity index (χ2n) is 6.65. The number of hydrogen-bond acceptors (Lipinski definition) is 2. The summed E-state index contributed by atoms with van der Waals surface area (Å²) in [5.74, 6) is 2.42. The van der Waals surface area contributed by atoms with Gasteiger partial charge < -0.3 is 0 Å². The van der Waals surface area contributed by atoms with Gasteiger partial charge in [0.15, 0.2) is 0 Å². The van der Waals surface area contributed by atoms with Crippen LogP contribution in [0.25, 0.3) is 0 Å². The second kappa shape index (κ2) is 3.41. The summed E-state index contributed by atoms with van der Waals surface area (Å²) in [7, 11) is 1.69. The smallest absolute Gasteiger partial charge is 0.259 e. The summed E-state index contributed by atoms with van der Waals surface area (Å²) in [5, 5.41) is 4.48. The third-order valence-corrected chi connectivity index (χ3v) is 5.61. The molecule has 0 aromatic carbocycles. The Hall–Kier alpha value is -0.770. The van der Waals surface area contributed by atoms with Crippen molar-refractivity contribution in [1.29, 1.82) is 0 Å². The monoisotopic (exact) mass is 267 g/mol. The molecule has 1 aromatic heterocycles. The highest BCUT2D eigenvalue weighted by molar-refractivity contribution is 6.28. The Morgan fingerprint density at radius 1 is 1.17 bits per heavy atom. The van der Waals surface area contributed by atoms with Crippen LogP contribution >= 0.6 is 11.6 Å². The van der Waals surface area contributed by atoms with Crippen molar-refractivity contribution in [3.8, 4) is 0 Å². The molecule has 0 unspecified atom stereocenters. The molecule has 98 valence electrons. The Morgan fingerprint density at radius 2 is 1.67 bits per heavy atom. The van der Waals surface area contributed by atoms with Crippen molar-refractivity contribution < 1.29 is 0 Å². The molecule has 0 radical (unpaired) electrons. The molecule has 1 heterocycles. The summed E-state index contributed by atoms with van der Waals surface area (Å²) in [6.45, 7) is 0. The molecule has 0 aliphatic heterocycles. The van der Waals surface area contributed by atoms with E-state index >= 15 is 0 Å². The van der Waals surface area contributed by atoms with Gasteiger partial charge in [-0.25, -0.2) is 9.48 Å². The Bertz CT molecular complexity index is 524. The molecular weight excluding hydrogens is 250 g/mol. The fourth-order valence-corrected chi connectivity index (χ4v) is 5.54. The van der Waals surface area contributed by atoms with Gasteiger partial charge in [-0.15, -0.1) is 5.10 Å². The van der Waals surface area contributed by atoms with Crippen LogP contribution in [0.5, 0.6) is 0 Å². The lowest BCUT2D eigenvalue weighted by atomic mass is 9.53. The number of nitrogens with zero attached hydrogens (tertiary/aromatic N) is 3. The molecule has 0 saturated heterocycles. The molecule has 4 fully saturated rings. The summed E-state index contributed by atoms with van der Waals surface area (Å²) in [6, 6.07) is 0. The van der Waals surface area contributed by atoms with E-state index in [9.17, 15) is 4.79 Å². The maximum Gasteiger partial charge on any atom is 0.347 e. The molecule has 4 bridgehead atoms. The van der Waals surface area contributed by atoms with Gasteiger partial charge in [0.2, 0.25) is 5.28 Å². The number of hydrogen-bond donors (Lipinski definition) is 0. The minimum atomic E-state index is -0.0399. The van der Waals surface area contributed by atoms with Gasteiger partial charge in [-0.2, -0.15) is 0 Å². The average molecular weight is 268 g/mol. The van der Waals surface area contributed by atoms with Crippen LogP contribution in [0.3, 0.4) is 0 Å². The largest absolute Gasteiger partial charge is 0.347 e. The predicted octanol–water partition coefficient (Wildman–Crippen LogP) is 2.16. The molecule has 0 amide bonds. The third-order valence-electron chi connectivity index (χ3n) is 5.37. The summed E-state index contributed by atoms with van der Waals surface area (Å²) >= 11 is 6.22. The molecular formula is C13H18ClN3O. The average Bonchev–Trinajstić information content (AvgIpc) is 2.51. The standard InChI is InChI=1S/C13H18ClN3O/c1-16-12(18)17(11(14)15-16)13-5-8-2-9(6-13)4-10(3-8)7-13/h8-10H,2-7H2,1H3. The van der Waals surface area contributed by atoms with Gasteiger partial charge in [0, 0.05) is 7.05 Å². The van der Waals surface area contributed by atoms with Gasteiger partial charge in [-0.3, -0.25) is 4.57 Å². The van der Waals surface area contributed by atoms with E-state index in [4.69, 9.17) is 11.6 Å². The molecule has 5 rings (SSSR count). The summed E-state index contributed by atoms with van der Waals surface area (Å²) in [4.78, 5) is 12.3. The van der Waals surface area contributed by atoms with E-state index in [0.717, 1.165) is 37.0 Å². The summed E-state index contributed by atoms with van der Waals surface area (Å²) in [5.41, 5.74) is -0.0566. The molecule has 18 heavy (non-hydrogen) atoms. The van der Waals surface area contributed by atoms with Gasteiger partial charge >= 0.3 is 5.69 Å². The van der Waals surface area contributed by atoms with E-state index in [-0.39, 0.29) is 11.2 Å².